The Kier molecular flexibility index (Phi) is 4.76. The third-order valence-corrected chi connectivity index (χ3v) is 8.24. The van der Waals surface area contributed by atoms with Crippen LogP contribution < -0.4 is 5.32 Å². The molecule has 4 saturated carbocycles. The Morgan fingerprint density at radius 2 is 1.90 bits per heavy atom. The predicted molar refractivity (Wildman–Crippen MR) is 121 cm³/mol. The summed E-state index contributed by atoms with van der Waals surface area (Å²) in [5.41, 5.74) is 2.03. The van der Waals surface area contributed by atoms with Gasteiger partial charge in [-0.15, -0.1) is 0 Å². The maximum Gasteiger partial charge on any atom is 0.231 e. The van der Waals surface area contributed by atoms with Crippen LogP contribution in [0, 0.1) is 23.2 Å². The fraction of sp³-hybridized carbons (Fsp3) is 0.583. The van der Waals surface area contributed by atoms with E-state index < -0.39 is 0 Å². The molecule has 162 valence electrons. The van der Waals surface area contributed by atoms with Gasteiger partial charge < -0.3 is 5.32 Å². The quantitative estimate of drug-likeness (QED) is 0.734. The van der Waals surface area contributed by atoms with Gasteiger partial charge >= 0.3 is 0 Å². The van der Waals surface area contributed by atoms with Gasteiger partial charge in [-0.1, -0.05) is 23.7 Å². The Morgan fingerprint density at radius 1 is 1.16 bits per heavy atom. The van der Waals surface area contributed by atoms with Crippen molar-refractivity contribution in [3.63, 3.8) is 0 Å². The predicted octanol–water partition coefficient (Wildman–Crippen LogP) is 3.62. The summed E-state index contributed by atoms with van der Waals surface area (Å²) < 4.78 is 0. The first kappa shape index (κ1) is 19.6. The minimum absolute atomic E-state index is 0.0122. The van der Waals surface area contributed by atoms with E-state index in [1.165, 1.54) is 19.3 Å². The standard InChI is InChI=1S/C24H28ClN5O/c25-21-2-1-15(11-26-21)12-30-4-3-19-20(13-30)27-14-28-22(19)29-23(31)24-8-16-5-17(9-24)7-18(6-16)10-24/h1-3,11,14,16-18,20H,4-10,12-13H2,(H,27,28,29,31). The van der Waals surface area contributed by atoms with Crippen LogP contribution in [0.25, 0.3) is 0 Å². The van der Waals surface area contributed by atoms with Crippen LogP contribution in [-0.2, 0) is 11.3 Å². The maximum absolute atomic E-state index is 13.5. The summed E-state index contributed by atoms with van der Waals surface area (Å²) in [7, 11) is 0. The first-order valence-electron chi connectivity index (χ1n) is 11.5. The number of fused-ring (bicyclic) bond motifs is 1. The topological polar surface area (TPSA) is 70.0 Å². The molecule has 31 heavy (non-hydrogen) atoms. The van der Waals surface area contributed by atoms with Crippen molar-refractivity contribution in [2.45, 2.75) is 51.1 Å². The van der Waals surface area contributed by atoms with Crippen molar-refractivity contribution in [3.05, 3.63) is 40.7 Å². The number of rotatable bonds is 3. The number of amidine groups is 1. The van der Waals surface area contributed by atoms with Crippen LogP contribution in [0.2, 0.25) is 5.15 Å². The molecule has 1 atom stereocenters. The number of pyridine rings is 1. The lowest BCUT2D eigenvalue weighted by Gasteiger charge is -2.55. The molecule has 4 bridgehead atoms. The highest BCUT2D eigenvalue weighted by Crippen LogP contribution is 2.60. The third-order valence-electron chi connectivity index (χ3n) is 8.01. The van der Waals surface area contributed by atoms with Gasteiger partial charge in [-0.05, 0) is 67.9 Å². The van der Waals surface area contributed by atoms with Crippen molar-refractivity contribution in [1.29, 1.82) is 0 Å². The molecule has 1 unspecified atom stereocenters. The maximum atomic E-state index is 13.5. The smallest absolute Gasteiger partial charge is 0.231 e. The van der Waals surface area contributed by atoms with Crippen LogP contribution in [0.4, 0.5) is 0 Å². The first-order chi connectivity index (χ1) is 15.1. The van der Waals surface area contributed by atoms with Crippen LogP contribution in [0.15, 0.2) is 40.0 Å². The van der Waals surface area contributed by atoms with Gasteiger partial charge in [0.1, 0.15) is 17.3 Å². The number of halogens is 1. The minimum atomic E-state index is -0.162. The fourth-order valence-corrected chi connectivity index (χ4v) is 7.14. The van der Waals surface area contributed by atoms with Crippen LogP contribution in [0.3, 0.4) is 0 Å². The molecule has 1 amide bonds. The second-order valence-corrected chi connectivity index (χ2v) is 10.6. The molecule has 1 aromatic heterocycles. The molecule has 0 saturated heterocycles. The summed E-state index contributed by atoms with van der Waals surface area (Å²) in [6.45, 7) is 2.40. The molecule has 7 rings (SSSR count). The molecule has 7 heteroatoms. The van der Waals surface area contributed by atoms with Gasteiger partial charge in [0.05, 0.1) is 11.5 Å². The van der Waals surface area contributed by atoms with E-state index in [-0.39, 0.29) is 17.4 Å². The van der Waals surface area contributed by atoms with Crippen molar-refractivity contribution < 1.29 is 4.79 Å². The number of amides is 1. The van der Waals surface area contributed by atoms with E-state index in [4.69, 9.17) is 11.6 Å². The molecule has 3 heterocycles. The number of hydrogen-bond donors (Lipinski definition) is 1. The number of hydrogen-bond acceptors (Lipinski definition) is 5. The highest BCUT2D eigenvalue weighted by molar-refractivity contribution is 6.29. The largest absolute Gasteiger partial charge is 0.310 e. The Balaban J connectivity index is 1.15. The van der Waals surface area contributed by atoms with Gasteiger partial charge in [0, 0.05) is 31.4 Å². The highest BCUT2D eigenvalue weighted by Gasteiger charge is 2.54. The van der Waals surface area contributed by atoms with Crippen molar-refractivity contribution in [1.82, 2.24) is 15.2 Å². The van der Waals surface area contributed by atoms with Gasteiger partial charge in [0.2, 0.25) is 5.91 Å². The molecular formula is C24H28ClN5O. The van der Waals surface area contributed by atoms with Crippen molar-refractivity contribution in [2.75, 3.05) is 13.1 Å². The Labute approximate surface area is 187 Å². The summed E-state index contributed by atoms with van der Waals surface area (Å²) in [5, 5.41) is 3.77. The molecule has 4 fully saturated rings. The molecule has 6 nitrogen and oxygen atoms in total. The number of nitrogens with one attached hydrogen (secondary N) is 1. The lowest BCUT2D eigenvalue weighted by molar-refractivity contribution is -0.144. The zero-order valence-corrected chi connectivity index (χ0v) is 18.4. The molecule has 6 aliphatic rings. The first-order valence-corrected chi connectivity index (χ1v) is 11.9. The van der Waals surface area contributed by atoms with Crippen LogP contribution in [0.5, 0.6) is 0 Å². The lowest BCUT2D eigenvalue weighted by atomic mass is 9.49. The van der Waals surface area contributed by atoms with Gasteiger partial charge in [-0.25, -0.2) is 9.98 Å². The Morgan fingerprint density at radius 3 is 2.58 bits per heavy atom. The minimum Gasteiger partial charge on any atom is -0.310 e. The van der Waals surface area contributed by atoms with E-state index in [2.05, 4.69) is 31.3 Å². The summed E-state index contributed by atoms with van der Waals surface area (Å²) >= 11 is 5.90. The second kappa shape index (κ2) is 7.52. The monoisotopic (exact) mass is 437 g/mol. The lowest BCUT2D eigenvalue weighted by Crippen LogP contribution is -2.55. The van der Waals surface area contributed by atoms with Crippen LogP contribution in [0.1, 0.15) is 44.1 Å². The summed E-state index contributed by atoms with van der Waals surface area (Å²) in [5.74, 6) is 3.18. The molecule has 0 aromatic carbocycles. The molecule has 0 radical (unpaired) electrons. The normalized spacial score (nSPS) is 36.0. The molecule has 1 N–H and O–H groups in total. The van der Waals surface area contributed by atoms with Gasteiger partial charge in [0.15, 0.2) is 0 Å². The molecule has 4 aliphatic carbocycles. The van der Waals surface area contributed by atoms with E-state index in [0.29, 0.717) is 11.0 Å². The second-order valence-electron chi connectivity index (χ2n) is 10.3. The summed E-state index contributed by atoms with van der Waals surface area (Å²) in [6, 6.07) is 3.85. The van der Waals surface area contributed by atoms with E-state index in [1.54, 1.807) is 6.34 Å². The Hall–Kier alpha value is -2.05. The number of aliphatic imine (C=N–C) groups is 2. The number of aromatic nitrogens is 1. The third kappa shape index (κ3) is 3.64. The summed E-state index contributed by atoms with van der Waals surface area (Å²) in [4.78, 5) is 29.1. The molecule has 0 spiro atoms. The van der Waals surface area contributed by atoms with Crippen LogP contribution in [-0.4, -0.2) is 47.1 Å². The zero-order chi connectivity index (χ0) is 21.0. The molecule has 1 aromatic rings. The number of carbonyl (C=O) groups excluding carboxylic acids is 1. The van der Waals surface area contributed by atoms with Crippen molar-refractivity contribution in [3.8, 4) is 0 Å². The number of carbonyl (C=O) groups is 1. The van der Waals surface area contributed by atoms with Gasteiger partial charge in [-0.3, -0.25) is 14.7 Å². The van der Waals surface area contributed by atoms with E-state index in [9.17, 15) is 4.79 Å². The zero-order valence-electron chi connectivity index (χ0n) is 17.6. The fourth-order valence-electron chi connectivity index (χ4n) is 7.03. The Bertz CT molecular complexity index is 947. The van der Waals surface area contributed by atoms with Gasteiger partial charge in [0.25, 0.3) is 0 Å². The van der Waals surface area contributed by atoms with Crippen molar-refractivity contribution >= 4 is 29.7 Å². The number of nitrogens with zero attached hydrogens (tertiary/aromatic N) is 4. The average molecular weight is 438 g/mol. The van der Waals surface area contributed by atoms with Crippen LogP contribution >= 0.6 is 11.6 Å². The van der Waals surface area contributed by atoms with E-state index in [0.717, 1.165) is 67.8 Å². The van der Waals surface area contributed by atoms with Crippen molar-refractivity contribution in [2.24, 2.45) is 33.2 Å². The molecule has 2 aliphatic heterocycles. The highest BCUT2D eigenvalue weighted by atomic mass is 35.5. The SMILES string of the molecule is O=C(NC1=NC=NC2CN(Cc3ccc(Cl)nc3)CC=C12)C12CC3CC(CC(C3)C1)C2. The average Bonchev–Trinajstić information content (AvgIpc) is 2.74. The summed E-state index contributed by atoms with van der Waals surface area (Å²) in [6.07, 6.45) is 12.8. The van der Waals surface area contributed by atoms with Gasteiger partial charge in [-0.2, -0.15) is 0 Å². The van der Waals surface area contributed by atoms with E-state index in [1.807, 2.05) is 18.3 Å². The molecular weight excluding hydrogens is 410 g/mol. The van der Waals surface area contributed by atoms with E-state index >= 15 is 0 Å².